The van der Waals surface area contributed by atoms with Crippen molar-refractivity contribution in [3.8, 4) is 0 Å². The Labute approximate surface area is 156 Å². The lowest BCUT2D eigenvalue weighted by Crippen LogP contribution is -2.36. The molecule has 2 aromatic carbocycles. The molecule has 0 aliphatic carbocycles. The van der Waals surface area contributed by atoms with Crippen molar-refractivity contribution in [1.29, 1.82) is 0 Å². The minimum absolute atomic E-state index is 0.156. The molecule has 3 rings (SSSR count). The highest BCUT2D eigenvalue weighted by Crippen LogP contribution is 2.29. The maximum absolute atomic E-state index is 12.6. The van der Waals surface area contributed by atoms with E-state index in [1.165, 1.54) is 0 Å². The second-order valence-corrected chi connectivity index (χ2v) is 6.55. The first-order chi connectivity index (χ1) is 12.4. The van der Waals surface area contributed by atoms with Crippen LogP contribution in [0.25, 0.3) is 0 Å². The summed E-state index contributed by atoms with van der Waals surface area (Å²) >= 11 is 5.12. The third-order valence-electron chi connectivity index (χ3n) is 3.92. The van der Waals surface area contributed by atoms with E-state index >= 15 is 0 Å². The summed E-state index contributed by atoms with van der Waals surface area (Å²) < 4.78 is 0. The number of carbonyl (C=O) groups is 3. The predicted molar refractivity (Wildman–Crippen MR) is 103 cm³/mol. The van der Waals surface area contributed by atoms with Crippen molar-refractivity contribution in [3.63, 3.8) is 0 Å². The fraction of sp³-hybridized carbons (Fsp3) is 0.158. The Morgan fingerprint density at radius 1 is 1.00 bits per heavy atom. The Balaban J connectivity index is 1.81. The van der Waals surface area contributed by atoms with Crippen LogP contribution in [0.2, 0.25) is 0 Å². The molecule has 0 saturated carbocycles. The summed E-state index contributed by atoms with van der Waals surface area (Å²) in [6.45, 7) is 3.53. The van der Waals surface area contributed by atoms with Crippen LogP contribution in [-0.2, 0) is 4.79 Å². The lowest BCUT2D eigenvalue weighted by Gasteiger charge is -2.16. The maximum Gasteiger partial charge on any atom is 0.266 e. The molecule has 2 aromatic rings. The summed E-state index contributed by atoms with van der Waals surface area (Å²) in [6, 6.07) is 13.5. The van der Waals surface area contributed by atoms with Gasteiger partial charge in [-0.3, -0.25) is 14.4 Å². The van der Waals surface area contributed by atoms with Gasteiger partial charge in [0.2, 0.25) is 5.91 Å². The Bertz CT molecular complexity index is 889. The van der Waals surface area contributed by atoms with Crippen LogP contribution < -0.4 is 15.5 Å². The van der Waals surface area contributed by atoms with Gasteiger partial charge in [-0.2, -0.15) is 0 Å². The SMILES string of the molecule is CC(C)C(=O)NC(=S)Nc1cccc(N2C(=O)c3ccccc3C2=O)c1. The van der Waals surface area contributed by atoms with E-state index in [-0.39, 0.29) is 28.8 Å². The number of imide groups is 1. The molecule has 0 bridgehead atoms. The third-order valence-corrected chi connectivity index (χ3v) is 4.12. The van der Waals surface area contributed by atoms with E-state index in [1.807, 2.05) is 0 Å². The van der Waals surface area contributed by atoms with Crippen LogP contribution in [0.15, 0.2) is 48.5 Å². The number of nitrogens with zero attached hydrogens (tertiary/aromatic N) is 1. The first-order valence-electron chi connectivity index (χ1n) is 8.08. The molecule has 0 unspecified atom stereocenters. The number of anilines is 2. The zero-order valence-corrected chi connectivity index (χ0v) is 15.1. The molecule has 0 radical (unpaired) electrons. The van der Waals surface area contributed by atoms with Gasteiger partial charge in [0.1, 0.15) is 0 Å². The van der Waals surface area contributed by atoms with Crippen LogP contribution in [0.1, 0.15) is 34.6 Å². The quantitative estimate of drug-likeness (QED) is 0.644. The smallest absolute Gasteiger partial charge is 0.266 e. The third kappa shape index (κ3) is 3.34. The first kappa shape index (κ1) is 17.8. The van der Waals surface area contributed by atoms with Crippen LogP contribution in [0.4, 0.5) is 11.4 Å². The lowest BCUT2D eigenvalue weighted by atomic mass is 10.1. The van der Waals surface area contributed by atoms with E-state index in [4.69, 9.17) is 12.2 Å². The topological polar surface area (TPSA) is 78.5 Å². The Morgan fingerprint density at radius 3 is 2.19 bits per heavy atom. The Hall–Kier alpha value is -3.06. The summed E-state index contributed by atoms with van der Waals surface area (Å²) in [5.41, 5.74) is 1.76. The second kappa shape index (κ2) is 7.05. The van der Waals surface area contributed by atoms with E-state index in [1.54, 1.807) is 62.4 Å². The number of thiocarbonyl (C=S) groups is 1. The summed E-state index contributed by atoms with van der Waals surface area (Å²) in [7, 11) is 0. The van der Waals surface area contributed by atoms with Crippen LogP contribution in [0, 0.1) is 5.92 Å². The molecular weight excluding hydrogens is 350 g/mol. The molecule has 1 heterocycles. The van der Waals surface area contributed by atoms with Crippen LogP contribution in [0.3, 0.4) is 0 Å². The molecule has 132 valence electrons. The highest BCUT2D eigenvalue weighted by molar-refractivity contribution is 7.80. The maximum atomic E-state index is 12.6. The average molecular weight is 367 g/mol. The van der Waals surface area contributed by atoms with E-state index in [0.29, 0.717) is 22.5 Å². The molecule has 0 fully saturated rings. The predicted octanol–water partition coefficient (Wildman–Crippen LogP) is 2.96. The molecule has 0 atom stereocenters. The van der Waals surface area contributed by atoms with Crippen molar-refractivity contribution in [2.75, 3.05) is 10.2 Å². The zero-order valence-electron chi connectivity index (χ0n) is 14.3. The normalized spacial score (nSPS) is 13.0. The van der Waals surface area contributed by atoms with Crippen molar-refractivity contribution < 1.29 is 14.4 Å². The summed E-state index contributed by atoms with van der Waals surface area (Å²) in [5.74, 6) is -1.12. The number of hydrogen-bond acceptors (Lipinski definition) is 4. The summed E-state index contributed by atoms with van der Waals surface area (Å²) in [4.78, 5) is 38.0. The highest BCUT2D eigenvalue weighted by atomic mass is 32.1. The van der Waals surface area contributed by atoms with E-state index in [9.17, 15) is 14.4 Å². The second-order valence-electron chi connectivity index (χ2n) is 6.14. The molecule has 1 aliphatic heterocycles. The van der Waals surface area contributed by atoms with Gasteiger partial charge in [0.15, 0.2) is 5.11 Å². The van der Waals surface area contributed by atoms with Crippen molar-refractivity contribution in [1.82, 2.24) is 5.32 Å². The molecule has 6 nitrogen and oxygen atoms in total. The minimum atomic E-state index is -0.363. The average Bonchev–Trinajstić information content (AvgIpc) is 2.86. The molecule has 2 N–H and O–H groups in total. The number of hydrogen-bond donors (Lipinski definition) is 2. The first-order valence-corrected chi connectivity index (χ1v) is 8.49. The minimum Gasteiger partial charge on any atom is -0.332 e. The number of nitrogens with one attached hydrogen (secondary N) is 2. The van der Waals surface area contributed by atoms with Gasteiger partial charge in [-0.15, -0.1) is 0 Å². The van der Waals surface area contributed by atoms with Gasteiger partial charge in [0, 0.05) is 11.6 Å². The number of fused-ring (bicyclic) bond motifs is 1. The standard InChI is InChI=1S/C19H17N3O3S/c1-11(2)16(23)21-19(26)20-12-6-5-7-13(10-12)22-17(24)14-8-3-4-9-15(14)18(22)25/h3-11H,1-2H3,(H2,20,21,23,26). The van der Waals surface area contributed by atoms with Crippen LogP contribution in [0.5, 0.6) is 0 Å². The molecule has 0 spiro atoms. The van der Waals surface area contributed by atoms with Crippen molar-refractivity contribution in [2.24, 2.45) is 5.92 Å². The largest absolute Gasteiger partial charge is 0.332 e. The molecule has 0 saturated heterocycles. The van der Waals surface area contributed by atoms with Gasteiger partial charge < -0.3 is 10.6 Å². The van der Waals surface area contributed by atoms with Gasteiger partial charge in [-0.1, -0.05) is 32.0 Å². The zero-order chi connectivity index (χ0) is 18.8. The van der Waals surface area contributed by atoms with Crippen LogP contribution >= 0.6 is 12.2 Å². The van der Waals surface area contributed by atoms with Gasteiger partial charge in [-0.25, -0.2) is 4.90 Å². The van der Waals surface area contributed by atoms with Gasteiger partial charge >= 0.3 is 0 Å². The molecule has 26 heavy (non-hydrogen) atoms. The summed E-state index contributed by atoms with van der Waals surface area (Å²) in [6.07, 6.45) is 0. The highest BCUT2D eigenvalue weighted by Gasteiger charge is 2.36. The van der Waals surface area contributed by atoms with Crippen molar-refractivity contribution in [2.45, 2.75) is 13.8 Å². The van der Waals surface area contributed by atoms with Gasteiger partial charge in [0.25, 0.3) is 11.8 Å². The number of rotatable bonds is 3. The number of carbonyl (C=O) groups excluding carboxylic acids is 3. The molecule has 0 aromatic heterocycles. The van der Waals surface area contributed by atoms with Gasteiger partial charge in [-0.05, 0) is 42.5 Å². The molecular formula is C19H17N3O3S. The Morgan fingerprint density at radius 2 is 1.62 bits per heavy atom. The molecule has 7 heteroatoms. The Kier molecular flexibility index (Phi) is 4.81. The van der Waals surface area contributed by atoms with E-state index in [0.717, 1.165) is 4.90 Å². The lowest BCUT2D eigenvalue weighted by molar-refractivity contribution is -0.122. The monoisotopic (exact) mass is 367 g/mol. The fourth-order valence-electron chi connectivity index (χ4n) is 2.57. The fourth-order valence-corrected chi connectivity index (χ4v) is 2.78. The van der Waals surface area contributed by atoms with Gasteiger partial charge in [0.05, 0.1) is 16.8 Å². The molecule has 3 amide bonds. The van der Waals surface area contributed by atoms with E-state index < -0.39 is 0 Å². The number of amides is 3. The number of benzene rings is 2. The van der Waals surface area contributed by atoms with E-state index in [2.05, 4.69) is 10.6 Å². The van der Waals surface area contributed by atoms with Crippen LogP contribution in [-0.4, -0.2) is 22.8 Å². The van der Waals surface area contributed by atoms with Crippen molar-refractivity contribution in [3.05, 3.63) is 59.7 Å². The molecule has 1 aliphatic rings. The summed E-state index contributed by atoms with van der Waals surface area (Å²) in [5, 5.41) is 5.63. The van der Waals surface area contributed by atoms with Crippen molar-refractivity contribution >= 4 is 46.4 Å².